The van der Waals surface area contributed by atoms with Crippen molar-refractivity contribution in [2.24, 2.45) is 17.8 Å². The molecule has 0 spiro atoms. The topological polar surface area (TPSA) is 63.7 Å². The van der Waals surface area contributed by atoms with E-state index in [9.17, 15) is 14.4 Å². The van der Waals surface area contributed by atoms with E-state index in [1.54, 1.807) is 25.9 Å². The number of nitrogens with zero attached hydrogens (tertiary/aromatic N) is 1. The monoisotopic (exact) mass is 241 g/mol. The Balaban J connectivity index is 2.91. The number of hydrogen-bond donors (Lipinski definition) is 0. The highest BCUT2D eigenvalue weighted by Crippen LogP contribution is 2.29. The summed E-state index contributed by atoms with van der Waals surface area (Å²) in [6.07, 6.45) is 0.268. The van der Waals surface area contributed by atoms with Gasteiger partial charge in [0.25, 0.3) is 0 Å². The normalized spacial score (nSPS) is 29.6. The third kappa shape index (κ3) is 2.91. The van der Waals surface area contributed by atoms with Crippen LogP contribution >= 0.6 is 0 Å². The van der Waals surface area contributed by atoms with E-state index in [4.69, 9.17) is 0 Å². The molecule has 5 heteroatoms. The first kappa shape index (κ1) is 13.8. The molecule has 0 amide bonds. The highest BCUT2D eigenvalue weighted by Gasteiger charge is 2.45. The summed E-state index contributed by atoms with van der Waals surface area (Å²) >= 11 is 0. The summed E-state index contributed by atoms with van der Waals surface area (Å²) in [5.41, 5.74) is 0. The number of esters is 1. The number of ether oxygens (including phenoxy) is 1. The maximum absolute atomic E-state index is 12.1. The minimum Gasteiger partial charge on any atom is -0.468 e. The van der Waals surface area contributed by atoms with Crippen LogP contribution < -0.4 is 0 Å². The van der Waals surface area contributed by atoms with E-state index < -0.39 is 17.8 Å². The van der Waals surface area contributed by atoms with Crippen LogP contribution in [-0.2, 0) is 19.1 Å². The SMILES string of the molecule is COC(=O)[C@@H]1C(=O)[C@@H](CN(C)C)C(=O)C[C@@H]1C. The number of hydrogen-bond acceptors (Lipinski definition) is 5. The van der Waals surface area contributed by atoms with Crippen LogP contribution in [0, 0.1) is 17.8 Å². The zero-order valence-corrected chi connectivity index (χ0v) is 10.7. The Morgan fingerprint density at radius 1 is 1.41 bits per heavy atom. The van der Waals surface area contributed by atoms with E-state index in [1.165, 1.54) is 7.11 Å². The van der Waals surface area contributed by atoms with Gasteiger partial charge in [-0.05, 0) is 20.0 Å². The van der Waals surface area contributed by atoms with Gasteiger partial charge >= 0.3 is 5.97 Å². The van der Waals surface area contributed by atoms with Gasteiger partial charge in [-0.3, -0.25) is 14.4 Å². The number of carbonyl (C=O) groups excluding carboxylic acids is 3. The molecule has 0 bridgehead atoms. The maximum Gasteiger partial charge on any atom is 0.316 e. The summed E-state index contributed by atoms with van der Waals surface area (Å²) in [6, 6.07) is 0. The molecule has 0 unspecified atom stereocenters. The minimum atomic E-state index is -0.789. The molecule has 0 radical (unpaired) electrons. The van der Waals surface area contributed by atoms with Crippen molar-refractivity contribution >= 4 is 17.5 Å². The largest absolute Gasteiger partial charge is 0.468 e. The molecule has 0 aromatic carbocycles. The van der Waals surface area contributed by atoms with Crippen LogP contribution in [0.1, 0.15) is 13.3 Å². The van der Waals surface area contributed by atoms with Crippen LogP contribution in [0.3, 0.4) is 0 Å². The Bertz CT molecular complexity index is 337. The summed E-state index contributed by atoms with van der Waals surface area (Å²) in [5.74, 6) is -2.64. The average molecular weight is 241 g/mol. The summed E-state index contributed by atoms with van der Waals surface area (Å²) < 4.78 is 4.63. The van der Waals surface area contributed by atoms with E-state index in [2.05, 4.69) is 4.74 Å². The minimum absolute atomic E-state index is 0.0728. The fraction of sp³-hybridized carbons (Fsp3) is 0.750. The number of ketones is 2. The van der Waals surface area contributed by atoms with Gasteiger partial charge in [-0.2, -0.15) is 0 Å². The number of methoxy groups -OCH3 is 1. The lowest BCUT2D eigenvalue weighted by Crippen LogP contribution is -2.47. The molecule has 0 heterocycles. The molecular weight excluding hydrogens is 222 g/mol. The summed E-state index contributed by atoms with van der Waals surface area (Å²) in [4.78, 5) is 37.3. The van der Waals surface area contributed by atoms with E-state index in [1.807, 2.05) is 0 Å². The van der Waals surface area contributed by atoms with E-state index in [0.29, 0.717) is 6.54 Å². The van der Waals surface area contributed by atoms with Crippen LogP contribution in [-0.4, -0.2) is 50.2 Å². The Kier molecular flexibility index (Phi) is 4.40. The van der Waals surface area contributed by atoms with Gasteiger partial charge in [0.2, 0.25) is 0 Å². The fourth-order valence-electron chi connectivity index (χ4n) is 2.27. The quantitative estimate of drug-likeness (QED) is 0.519. The molecule has 0 saturated heterocycles. The van der Waals surface area contributed by atoms with Gasteiger partial charge in [-0.25, -0.2) is 0 Å². The molecule has 1 rings (SSSR count). The second-order valence-corrected chi connectivity index (χ2v) is 4.87. The van der Waals surface area contributed by atoms with Gasteiger partial charge in [0.1, 0.15) is 11.7 Å². The first-order valence-corrected chi connectivity index (χ1v) is 5.67. The standard InChI is InChI=1S/C12H19NO4/c1-7-5-9(14)8(6-13(2)3)11(15)10(7)12(16)17-4/h7-8,10H,5-6H2,1-4H3/t7-,8-,10-/m0/s1. The maximum atomic E-state index is 12.1. The molecule has 0 aromatic heterocycles. The summed E-state index contributed by atoms with van der Waals surface area (Å²) in [5, 5.41) is 0. The second-order valence-electron chi connectivity index (χ2n) is 4.87. The van der Waals surface area contributed by atoms with E-state index >= 15 is 0 Å². The number of Topliss-reactive ketones (excluding diaryl/α,β-unsaturated/α-hetero) is 2. The Morgan fingerprint density at radius 2 is 2.00 bits per heavy atom. The molecule has 1 aliphatic carbocycles. The summed E-state index contributed by atoms with van der Waals surface area (Å²) in [6.45, 7) is 2.10. The first-order valence-electron chi connectivity index (χ1n) is 5.67. The molecule has 17 heavy (non-hydrogen) atoms. The van der Waals surface area contributed by atoms with Crippen molar-refractivity contribution < 1.29 is 19.1 Å². The van der Waals surface area contributed by atoms with Crippen molar-refractivity contribution in [3.63, 3.8) is 0 Å². The van der Waals surface area contributed by atoms with Gasteiger partial charge in [-0.1, -0.05) is 6.92 Å². The van der Waals surface area contributed by atoms with Crippen LogP contribution in [0.2, 0.25) is 0 Å². The smallest absolute Gasteiger partial charge is 0.316 e. The molecule has 1 saturated carbocycles. The highest BCUT2D eigenvalue weighted by molar-refractivity contribution is 6.12. The first-order chi connectivity index (χ1) is 7.88. The molecule has 3 atom stereocenters. The highest BCUT2D eigenvalue weighted by atomic mass is 16.5. The van der Waals surface area contributed by atoms with Gasteiger partial charge in [0.15, 0.2) is 5.78 Å². The third-order valence-corrected chi connectivity index (χ3v) is 3.13. The lowest BCUT2D eigenvalue weighted by atomic mass is 9.73. The number of carbonyl (C=O) groups is 3. The molecule has 0 aromatic rings. The van der Waals surface area contributed by atoms with E-state index in [0.717, 1.165) is 0 Å². The average Bonchev–Trinajstić information content (AvgIpc) is 2.23. The van der Waals surface area contributed by atoms with Crippen LogP contribution in [0.15, 0.2) is 0 Å². The summed E-state index contributed by atoms with van der Waals surface area (Å²) in [7, 11) is 4.86. The molecule has 96 valence electrons. The Morgan fingerprint density at radius 3 is 2.47 bits per heavy atom. The lowest BCUT2D eigenvalue weighted by molar-refractivity contribution is -0.156. The van der Waals surface area contributed by atoms with Crippen molar-refractivity contribution in [1.82, 2.24) is 4.90 Å². The third-order valence-electron chi connectivity index (χ3n) is 3.13. The van der Waals surface area contributed by atoms with Crippen molar-refractivity contribution in [2.75, 3.05) is 27.7 Å². The van der Waals surface area contributed by atoms with Crippen molar-refractivity contribution in [2.45, 2.75) is 13.3 Å². The fourth-order valence-corrected chi connectivity index (χ4v) is 2.27. The lowest BCUT2D eigenvalue weighted by Gasteiger charge is -2.31. The van der Waals surface area contributed by atoms with Crippen molar-refractivity contribution in [1.29, 1.82) is 0 Å². The predicted octanol–water partition coefficient (Wildman–Crippen LogP) is 0.131. The Labute approximate surface area is 101 Å². The van der Waals surface area contributed by atoms with Crippen LogP contribution in [0.25, 0.3) is 0 Å². The molecule has 0 N–H and O–H groups in total. The Hall–Kier alpha value is -1.23. The molecular formula is C12H19NO4. The molecule has 1 fully saturated rings. The van der Waals surface area contributed by atoms with Crippen LogP contribution in [0.5, 0.6) is 0 Å². The molecule has 1 aliphatic rings. The molecule has 5 nitrogen and oxygen atoms in total. The van der Waals surface area contributed by atoms with E-state index in [-0.39, 0.29) is 23.9 Å². The number of rotatable bonds is 3. The zero-order chi connectivity index (χ0) is 13.2. The van der Waals surface area contributed by atoms with Crippen molar-refractivity contribution in [3.05, 3.63) is 0 Å². The molecule has 0 aliphatic heterocycles. The van der Waals surface area contributed by atoms with Gasteiger partial charge in [0, 0.05) is 13.0 Å². The second kappa shape index (κ2) is 5.40. The van der Waals surface area contributed by atoms with Gasteiger partial charge < -0.3 is 9.64 Å². The van der Waals surface area contributed by atoms with Crippen LogP contribution in [0.4, 0.5) is 0 Å². The van der Waals surface area contributed by atoms with Gasteiger partial charge in [0.05, 0.1) is 13.0 Å². The zero-order valence-electron chi connectivity index (χ0n) is 10.7. The van der Waals surface area contributed by atoms with Crippen molar-refractivity contribution in [3.8, 4) is 0 Å². The van der Waals surface area contributed by atoms with Gasteiger partial charge in [-0.15, -0.1) is 0 Å². The predicted molar refractivity (Wildman–Crippen MR) is 61.3 cm³/mol.